The number of hydrogen-bond donors (Lipinski definition) is 1. The third-order valence-corrected chi connectivity index (χ3v) is 3.99. The highest BCUT2D eigenvalue weighted by Crippen LogP contribution is 2.37. The standard InChI is InChI=1S/C17H19N3O2/c1-12(21)20-17(13-5-7-15(22-2)8-6-13)10-16(19-20)14-4-3-9-18-11-14/h3-9,11,16-17,19H,10H2,1-2H3. The van der Waals surface area contributed by atoms with Gasteiger partial charge >= 0.3 is 0 Å². The maximum Gasteiger partial charge on any atom is 0.234 e. The summed E-state index contributed by atoms with van der Waals surface area (Å²) in [5, 5.41) is 1.71. The van der Waals surface area contributed by atoms with E-state index in [1.54, 1.807) is 25.2 Å². The predicted octanol–water partition coefficient (Wildman–Crippen LogP) is 2.63. The molecule has 1 amide bonds. The van der Waals surface area contributed by atoms with E-state index in [-0.39, 0.29) is 18.0 Å². The summed E-state index contributed by atoms with van der Waals surface area (Å²) in [5.74, 6) is 0.820. The van der Waals surface area contributed by atoms with Gasteiger partial charge in [0.2, 0.25) is 5.91 Å². The van der Waals surface area contributed by atoms with Gasteiger partial charge in [0, 0.05) is 19.3 Å². The van der Waals surface area contributed by atoms with Crippen LogP contribution >= 0.6 is 0 Å². The van der Waals surface area contributed by atoms with Crippen molar-refractivity contribution in [3.8, 4) is 5.75 Å². The molecule has 0 radical (unpaired) electrons. The van der Waals surface area contributed by atoms with Crippen molar-refractivity contribution in [2.75, 3.05) is 7.11 Å². The van der Waals surface area contributed by atoms with Crippen molar-refractivity contribution < 1.29 is 9.53 Å². The number of aromatic nitrogens is 1. The van der Waals surface area contributed by atoms with Crippen molar-refractivity contribution in [1.82, 2.24) is 15.4 Å². The predicted molar refractivity (Wildman–Crippen MR) is 83.0 cm³/mol. The lowest BCUT2D eigenvalue weighted by Crippen LogP contribution is -2.37. The van der Waals surface area contributed by atoms with E-state index < -0.39 is 0 Å². The first-order valence-corrected chi connectivity index (χ1v) is 7.29. The van der Waals surface area contributed by atoms with E-state index in [1.165, 1.54) is 0 Å². The van der Waals surface area contributed by atoms with E-state index in [9.17, 15) is 4.79 Å². The third-order valence-electron chi connectivity index (χ3n) is 3.99. The maximum atomic E-state index is 12.0. The number of hydrazine groups is 1. The van der Waals surface area contributed by atoms with Gasteiger partial charge < -0.3 is 4.74 Å². The summed E-state index contributed by atoms with van der Waals surface area (Å²) in [6.07, 6.45) is 4.41. The number of pyridine rings is 1. The minimum absolute atomic E-state index is 0.00667. The summed E-state index contributed by atoms with van der Waals surface area (Å²) >= 11 is 0. The van der Waals surface area contributed by atoms with Crippen LogP contribution < -0.4 is 10.2 Å². The molecule has 1 saturated heterocycles. The number of amides is 1. The van der Waals surface area contributed by atoms with Gasteiger partial charge in [-0.15, -0.1) is 0 Å². The lowest BCUT2D eigenvalue weighted by Gasteiger charge is -2.23. The molecule has 1 aromatic heterocycles. The minimum Gasteiger partial charge on any atom is -0.497 e. The first-order valence-electron chi connectivity index (χ1n) is 7.29. The number of ether oxygens (including phenoxy) is 1. The molecule has 1 aliphatic heterocycles. The summed E-state index contributed by atoms with van der Waals surface area (Å²) in [7, 11) is 1.65. The number of methoxy groups -OCH3 is 1. The molecule has 3 rings (SSSR count). The molecule has 1 aliphatic rings. The fourth-order valence-electron chi connectivity index (χ4n) is 2.85. The zero-order valence-corrected chi connectivity index (χ0v) is 12.7. The van der Waals surface area contributed by atoms with Gasteiger partial charge in [-0.2, -0.15) is 0 Å². The highest BCUT2D eigenvalue weighted by Gasteiger charge is 2.35. The fraction of sp³-hybridized carbons (Fsp3) is 0.294. The Labute approximate surface area is 129 Å². The molecule has 0 spiro atoms. The average molecular weight is 297 g/mol. The number of hydrogen-bond acceptors (Lipinski definition) is 4. The summed E-state index contributed by atoms with van der Waals surface area (Å²) in [4.78, 5) is 16.1. The molecule has 0 saturated carbocycles. The Balaban J connectivity index is 1.86. The summed E-state index contributed by atoms with van der Waals surface area (Å²) < 4.78 is 5.19. The highest BCUT2D eigenvalue weighted by atomic mass is 16.5. The van der Waals surface area contributed by atoms with E-state index in [0.717, 1.165) is 23.3 Å². The second-order valence-corrected chi connectivity index (χ2v) is 5.38. The van der Waals surface area contributed by atoms with Crippen molar-refractivity contribution >= 4 is 5.91 Å². The van der Waals surface area contributed by atoms with Gasteiger partial charge in [0.15, 0.2) is 0 Å². The van der Waals surface area contributed by atoms with Gasteiger partial charge in [-0.25, -0.2) is 5.43 Å². The van der Waals surface area contributed by atoms with Gasteiger partial charge in [-0.05, 0) is 35.7 Å². The molecule has 2 unspecified atom stereocenters. The molecule has 5 heteroatoms. The lowest BCUT2D eigenvalue weighted by molar-refractivity contribution is -0.132. The van der Waals surface area contributed by atoms with Gasteiger partial charge in [0.05, 0.1) is 19.2 Å². The Bertz CT molecular complexity index is 643. The van der Waals surface area contributed by atoms with Crippen LogP contribution in [0.2, 0.25) is 0 Å². The van der Waals surface area contributed by atoms with Crippen molar-refractivity contribution in [2.24, 2.45) is 0 Å². The van der Waals surface area contributed by atoms with E-state index in [2.05, 4.69) is 10.4 Å². The first-order chi connectivity index (χ1) is 10.7. The normalized spacial score (nSPS) is 20.9. The van der Waals surface area contributed by atoms with Crippen LogP contribution in [0, 0.1) is 0 Å². The highest BCUT2D eigenvalue weighted by molar-refractivity contribution is 5.73. The number of benzene rings is 1. The average Bonchev–Trinajstić information content (AvgIpc) is 3.01. The minimum atomic E-state index is 0.00667. The van der Waals surface area contributed by atoms with Crippen LogP contribution in [0.4, 0.5) is 0 Å². The van der Waals surface area contributed by atoms with E-state index in [4.69, 9.17) is 4.74 Å². The number of nitrogens with zero attached hydrogens (tertiary/aromatic N) is 2. The summed E-state index contributed by atoms with van der Waals surface area (Å²) in [6.45, 7) is 1.58. The fourth-order valence-corrected chi connectivity index (χ4v) is 2.85. The number of carbonyl (C=O) groups is 1. The maximum absolute atomic E-state index is 12.0. The first kappa shape index (κ1) is 14.5. The number of rotatable bonds is 3. The van der Waals surface area contributed by atoms with E-state index >= 15 is 0 Å². The molecule has 114 valence electrons. The van der Waals surface area contributed by atoms with Crippen molar-refractivity contribution in [3.05, 3.63) is 59.9 Å². The van der Waals surface area contributed by atoms with Crippen molar-refractivity contribution in [3.63, 3.8) is 0 Å². The van der Waals surface area contributed by atoms with Crippen molar-refractivity contribution in [2.45, 2.75) is 25.4 Å². The second-order valence-electron chi connectivity index (χ2n) is 5.38. The van der Waals surface area contributed by atoms with Gasteiger partial charge in [0.25, 0.3) is 0 Å². The summed E-state index contributed by atoms with van der Waals surface area (Å²) in [5.41, 5.74) is 5.48. The van der Waals surface area contributed by atoms with Crippen LogP contribution in [0.3, 0.4) is 0 Å². The number of carbonyl (C=O) groups excluding carboxylic acids is 1. The Morgan fingerprint density at radius 3 is 2.64 bits per heavy atom. The van der Waals surface area contributed by atoms with E-state index in [1.807, 2.05) is 42.6 Å². The van der Waals surface area contributed by atoms with Crippen LogP contribution in [0.5, 0.6) is 5.75 Å². The van der Waals surface area contributed by atoms with Gasteiger partial charge in [-0.1, -0.05) is 18.2 Å². The molecule has 22 heavy (non-hydrogen) atoms. The molecule has 2 atom stereocenters. The molecule has 0 aliphatic carbocycles. The summed E-state index contributed by atoms with van der Waals surface area (Å²) in [6, 6.07) is 11.9. The van der Waals surface area contributed by atoms with Crippen LogP contribution in [0.25, 0.3) is 0 Å². The Morgan fingerprint density at radius 2 is 2.05 bits per heavy atom. The molecular formula is C17H19N3O2. The Morgan fingerprint density at radius 1 is 1.27 bits per heavy atom. The monoisotopic (exact) mass is 297 g/mol. The lowest BCUT2D eigenvalue weighted by atomic mass is 9.98. The zero-order valence-electron chi connectivity index (χ0n) is 12.7. The van der Waals surface area contributed by atoms with Crippen LogP contribution in [0.15, 0.2) is 48.8 Å². The molecule has 0 bridgehead atoms. The molecule has 2 heterocycles. The van der Waals surface area contributed by atoms with E-state index in [0.29, 0.717) is 0 Å². The Kier molecular flexibility index (Phi) is 4.06. The van der Waals surface area contributed by atoms with Crippen LogP contribution in [-0.4, -0.2) is 23.0 Å². The molecule has 1 fully saturated rings. The van der Waals surface area contributed by atoms with Crippen LogP contribution in [-0.2, 0) is 4.79 Å². The quantitative estimate of drug-likeness (QED) is 0.946. The Hall–Kier alpha value is -2.40. The molecular weight excluding hydrogens is 278 g/mol. The number of nitrogens with one attached hydrogen (secondary N) is 1. The van der Waals surface area contributed by atoms with Crippen molar-refractivity contribution in [1.29, 1.82) is 0 Å². The zero-order chi connectivity index (χ0) is 15.5. The van der Waals surface area contributed by atoms with Crippen LogP contribution in [0.1, 0.15) is 36.6 Å². The SMILES string of the molecule is COc1ccc(C2CC(c3cccnc3)NN2C(C)=O)cc1. The third kappa shape index (κ3) is 2.80. The van der Waals surface area contributed by atoms with Gasteiger partial charge in [-0.3, -0.25) is 14.8 Å². The van der Waals surface area contributed by atoms with Gasteiger partial charge in [0.1, 0.15) is 5.75 Å². The topological polar surface area (TPSA) is 54.5 Å². The molecule has 2 aromatic rings. The largest absolute Gasteiger partial charge is 0.497 e. The smallest absolute Gasteiger partial charge is 0.234 e. The molecule has 1 aromatic carbocycles. The molecule has 1 N–H and O–H groups in total. The second kappa shape index (κ2) is 6.15. The molecule has 5 nitrogen and oxygen atoms in total.